The molecule has 0 aliphatic carbocycles. The summed E-state index contributed by atoms with van der Waals surface area (Å²) in [6.07, 6.45) is 0. The predicted molar refractivity (Wildman–Crippen MR) is 91.0 cm³/mol. The Morgan fingerprint density at radius 1 is 0.826 bits per heavy atom. The number of hydrogen-bond acceptors (Lipinski definition) is 2. The lowest BCUT2D eigenvalue weighted by atomic mass is 10.0. The maximum Gasteiger partial charge on any atom is 0.255 e. The Morgan fingerprint density at radius 3 is 2.22 bits per heavy atom. The Bertz CT molecular complexity index is 862. The Balaban J connectivity index is 1.77. The monoisotopic (exact) mass is 298 g/mol. The molecule has 3 aromatic rings. The third kappa shape index (κ3) is 3.45. The number of carbonyl (C=O) groups excluding carboxylic acids is 1. The fraction of sp³-hybridized carbons (Fsp3) is 0. The Labute approximate surface area is 134 Å². The van der Waals surface area contributed by atoms with Crippen LogP contribution in [0, 0.1) is 11.3 Å². The van der Waals surface area contributed by atoms with Crippen molar-refractivity contribution in [2.24, 2.45) is 0 Å². The zero-order chi connectivity index (χ0) is 16.1. The van der Waals surface area contributed by atoms with Gasteiger partial charge in [0.1, 0.15) is 0 Å². The van der Waals surface area contributed by atoms with Gasteiger partial charge in [0.2, 0.25) is 0 Å². The highest BCUT2D eigenvalue weighted by Crippen LogP contribution is 2.20. The van der Waals surface area contributed by atoms with Crippen LogP contribution in [0.1, 0.15) is 15.9 Å². The smallest absolute Gasteiger partial charge is 0.255 e. The zero-order valence-electron chi connectivity index (χ0n) is 12.4. The molecule has 3 aromatic carbocycles. The summed E-state index contributed by atoms with van der Waals surface area (Å²) in [6.45, 7) is 0. The Morgan fingerprint density at radius 2 is 1.52 bits per heavy atom. The first kappa shape index (κ1) is 14.6. The van der Waals surface area contributed by atoms with Crippen molar-refractivity contribution < 1.29 is 4.79 Å². The second-order valence-corrected chi connectivity index (χ2v) is 5.09. The first-order chi connectivity index (χ1) is 11.3. The minimum Gasteiger partial charge on any atom is -0.322 e. The molecule has 0 bridgehead atoms. The molecular weight excluding hydrogens is 284 g/mol. The van der Waals surface area contributed by atoms with Gasteiger partial charge >= 0.3 is 0 Å². The number of amides is 1. The van der Waals surface area contributed by atoms with E-state index in [0.717, 1.165) is 11.1 Å². The fourth-order valence-electron chi connectivity index (χ4n) is 2.31. The van der Waals surface area contributed by atoms with Gasteiger partial charge in [-0.3, -0.25) is 4.79 Å². The van der Waals surface area contributed by atoms with E-state index in [9.17, 15) is 4.79 Å². The lowest BCUT2D eigenvalue weighted by Gasteiger charge is -2.07. The molecule has 0 radical (unpaired) electrons. The lowest BCUT2D eigenvalue weighted by Crippen LogP contribution is -2.11. The summed E-state index contributed by atoms with van der Waals surface area (Å²) in [5, 5.41) is 11.7. The van der Waals surface area contributed by atoms with Gasteiger partial charge in [-0.1, -0.05) is 48.5 Å². The number of anilines is 1. The van der Waals surface area contributed by atoms with Crippen molar-refractivity contribution in [3.05, 3.63) is 90.0 Å². The third-order valence-corrected chi connectivity index (χ3v) is 3.50. The molecule has 110 valence electrons. The summed E-state index contributed by atoms with van der Waals surface area (Å²) in [6, 6.07) is 26.4. The van der Waals surface area contributed by atoms with Crippen molar-refractivity contribution in [1.82, 2.24) is 0 Å². The van der Waals surface area contributed by atoms with Crippen LogP contribution < -0.4 is 5.32 Å². The van der Waals surface area contributed by atoms with E-state index < -0.39 is 0 Å². The van der Waals surface area contributed by atoms with Gasteiger partial charge in [-0.2, -0.15) is 5.26 Å². The molecule has 0 saturated carbocycles. The van der Waals surface area contributed by atoms with Gasteiger partial charge in [0, 0.05) is 11.3 Å². The summed E-state index contributed by atoms with van der Waals surface area (Å²) < 4.78 is 0. The van der Waals surface area contributed by atoms with E-state index in [2.05, 4.69) is 11.4 Å². The molecule has 0 atom stereocenters. The average molecular weight is 298 g/mol. The molecule has 23 heavy (non-hydrogen) atoms. The van der Waals surface area contributed by atoms with E-state index >= 15 is 0 Å². The van der Waals surface area contributed by atoms with Gasteiger partial charge in [0.25, 0.3) is 5.91 Å². The third-order valence-electron chi connectivity index (χ3n) is 3.50. The largest absolute Gasteiger partial charge is 0.322 e. The molecule has 0 spiro atoms. The molecule has 0 aromatic heterocycles. The summed E-state index contributed by atoms with van der Waals surface area (Å²) in [7, 11) is 0. The highest BCUT2D eigenvalue weighted by atomic mass is 16.1. The fourth-order valence-corrected chi connectivity index (χ4v) is 2.31. The van der Waals surface area contributed by atoms with Gasteiger partial charge in [-0.15, -0.1) is 0 Å². The van der Waals surface area contributed by atoms with Crippen molar-refractivity contribution >= 4 is 11.6 Å². The van der Waals surface area contributed by atoms with E-state index in [-0.39, 0.29) is 5.91 Å². The number of benzene rings is 3. The number of nitrogens with one attached hydrogen (secondary N) is 1. The van der Waals surface area contributed by atoms with E-state index in [0.29, 0.717) is 16.8 Å². The van der Waals surface area contributed by atoms with Crippen LogP contribution in [0.3, 0.4) is 0 Å². The summed E-state index contributed by atoms with van der Waals surface area (Å²) in [5.74, 6) is -0.195. The summed E-state index contributed by atoms with van der Waals surface area (Å²) in [4.78, 5) is 12.3. The van der Waals surface area contributed by atoms with E-state index in [1.54, 1.807) is 36.4 Å². The van der Waals surface area contributed by atoms with Crippen molar-refractivity contribution in [1.29, 1.82) is 5.26 Å². The molecule has 0 heterocycles. The highest BCUT2D eigenvalue weighted by Gasteiger charge is 2.07. The zero-order valence-corrected chi connectivity index (χ0v) is 12.4. The molecule has 1 amide bonds. The maximum absolute atomic E-state index is 12.3. The van der Waals surface area contributed by atoms with Crippen LogP contribution in [0.2, 0.25) is 0 Å². The van der Waals surface area contributed by atoms with E-state index in [1.807, 2.05) is 42.5 Å². The van der Waals surface area contributed by atoms with Crippen molar-refractivity contribution in [2.45, 2.75) is 0 Å². The van der Waals surface area contributed by atoms with E-state index in [1.165, 1.54) is 0 Å². The van der Waals surface area contributed by atoms with Crippen LogP contribution >= 0.6 is 0 Å². The minimum atomic E-state index is -0.195. The molecular formula is C20H14N2O. The number of nitriles is 1. The number of rotatable bonds is 3. The topological polar surface area (TPSA) is 52.9 Å². The molecule has 0 aliphatic rings. The number of carbonyl (C=O) groups is 1. The lowest BCUT2D eigenvalue weighted by molar-refractivity contribution is 0.102. The predicted octanol–water partition coefficient (Wildman–Crippen LogP) is 4.48. The number of hydrogen-bond donors (Lipinski definition) is 1. The van der Waals surface area contributed by atoms with Crippen LogP contribution in [-0.4, -0.2) is 5.91 Å². The number of nitrogens with zero attached hydrogens (tertiary/aromatic N) is 1. The molecule has 3 nitrogen and oxygen atoms in total. The minimum absolute atomic E-state index is 0.195. The molecule has 0 aliphatic heterocycles. The van der Waals surface area contributed by atoms with Crippen LogP contribution in [0.5, 0.6) is 0 Å². The Kier molecular flexibility index (Phi) is 4.17. The van der Waals surface area contributed by atoms with Crippen molar-refractivity contribution in [2.75, 3.05) is 5.32 Å². The van der Waals surface area contributed by atoms with Gasteiger partial charge in [0.15, 0.2) is 0 Å². The standard InChI is InChI=1S/C20H14N2O/c21-14-15-5-4-8-19(13-15)22-20(23)18-11-9-17(10-12-18)16-6-2-1-3-7-16/h1-13H,(H,22,23). The molecule has 3 rings (SSSR count). The quantitative estimate of drug-likeness (QED) is 0.775. The highest BCUT2D eigenvalue weighted by molar-refractivity contribution is 6.04. The molecule has 0 saturated heterocycles. The first-order valence-electron chi connectivity index (χ1n) is 7.23. The second kappa shape index (κ2) is 6.59. The normalized spacial score (nSPS) is 9.87. The maximum atomic E-state index is 12.3. The summed E-state index contributed by atoms with van der Waals surface area (Å²) >= 11 is 0. The molecule has 0 unspecified atom stereocenters. The second-order valence-electron chi connectivity index (χ2n) is 5.09. The molecule has 3 heteroatoms. The van der Waals surface area contributed by atoms with Crippen molar-refractivity contribution in [3.63, 3.8) is 0 Å². The van der Waals surface area contributed by atoms with Crippen LogP contribution in [0.15, 0.2) is 78.9 Å². The van der Waals surface area contributed by atoms with E-state index in [4.69, 9.17) is 5.26 Å². The van der Waals surface area contributed by atoms with Gasteiger partial charge in [-0.25, -0.2) is 0 Å². The average Bonchev–Trinajstić information content (AvgIpc) is 2.63. The SMILES string of the molecule is N#Cc1cccc(NC(=O)c2ccc(-c3ccccc3)cc2)c1. The van der Waals surface area contributed by atoms with Gasteiger partial charge < -0.3 is 5.32 Å². The van der Waals surface area contributed by atoms with Gasteiger partial charge in [0.05, 0.1) is 11.6 Å². The van der Waals surface area contributed by atoms with Crippen LogP contribution in [-0.2, 0) is 0 Å². The first-order valence-corrected chi connectivity index (χ1v) is 7.23. The van der Waals surface area contributed by atoms with Crippen molar-refractivity contribution in [3.8, 4) is 17.2 Å². The molecule has 1 N–H and O–H groups in total. The Hall–Kier alpha value is -3.38. The van der Waals surface area contributed by atoms with Crippen LogP contribution in [0.4, 0.5) is 5.69 Å². The molecule has 0 fully saturated rings. The summed E-state index contributed by atoms with van der Waals surface area (Å²) in [5.41, 5.74) is 3.88. The van der Waals surface area contributed by atoms with Crippen LogP contribution in [0.25, 0.3) is 11.1 Å². The van der Waals surface area contributed by atoms with Gasteiger partial charge in [-0.05, 0) is 41.5 Å².